The van der Waals surface area contributed by atoms with Crippen molar-refractivity contribution in [3.8, 4) is 0 Å². The van der Waals surface area contributed by atoms with Gasteiger partial charge >= 0.3 is 5.69 Å². The van der Waals surface area contributed by atoms with Crippen molar-refractivity contribution >= 4 is 22.8 Å². The maximum Gasteiger partial charge on any atom is 0.332 e. The van der Waals surface area contributed by atoms with Gasteiger partial charge in [0.15, 0.2) is 11.2 Å². The summed E-state index contributed by atoms with van der Waals surface area (Å²) in [4.78, 5) is 43.1. The summed E-state index contributed by atoms with van der Waals surface area (Å²) < 4.78 is 3.85. The summed E-state index contributed by atoms with van der Waals surface area (Å²) in [5, 5.41) is 0. The first-order valence-corrected chi connectivity index (χ1v) is 7.98. The fourth-order valence-electron chi connectivity index (χ4n) is 3.35. The molecule has 128 valence electrons. The monoisotopic (exact) mass is 339 g/mol. The van der Waals surface area contributed by atoms with Crippen LogP contribution in [0.4, 0.5) is 5.69 Å². The van der Waals surface area contributed by atoms with Gasteiger partial charge in [0.25, 0.3) is 5.56 Å². The minimum atomic E-state index is -0.453. The molecule has 2 aromatic heterocycles. The van der Waals surface area contributed by atoms with Crippen molar-refractivity contribution in [1.29, 1.82) is 0 Å². The average Bonchev–Trinajstić information content (AvgIpc) is 3.22. The van der Waals surface area contributed by atoms with E-state index in [1.165, 1.54) is 22.5 Å². The molecule has 25 heavy (non-hydrogen) atoms. The molecule has 4 rings (SSSR count). The molecular formula is C17H17N5O3. The number of benzene rings is 1. The molecule has 0 unspecified atom stereocenters. The van der Waals surface area contributed by atoms with Crippen LogP contribution in [0.5, 0.6) is 0 Å². The van der Waals surface area contributed by atoms with E-state index in [1.54, 1.807) is 11.9 Å². The van der Waals surface area contributed by atoms with Crippen LogP contribution in [0.3, 0.4) is 0 Å². The van der Waals surface area contributed by atoms with E-state index in [0.717, 1.165) is 22.2 Å². The zero-order valence-corrected chi connectivity index (χ0v) is 14.0. The molecule has 0 N–H and O–H groups in total. The number of rotatable bonds is 2. The van der Waals surface area contributed by atoms with Crippen LogP contribution < -0.4 is 16.1 Å². The van der Waals surface area contributed by atoms with Crippen LogP contribution in [-0.4, -0.2) is 31.1 Å². The van der Waals surface area contributed by atoms with Crippen LogP contribution >= 0.6 is 0 Å². The number of carbonyl (C=O) groups is 1. The van der Waals surface area contributed by atoms with Gasteiger partial charge in [-0.3, -0.25) is 18.7 Å². The highest BCUT2D eigenvalue weighted by Gasteiger charge is 2.25. The molecule has 3 heterocycles. The van der Waals surface area contributed by atoms with Crippen LogP contribution in [0.2, 0.25) is 0 Å². The zero-order valence-electron chi connectivity index (χ0n) is 14.0. The lowest BCUT2D eigenvalue weighted by Gasteiger charge is -2.17. The Morgan fingerprint density at radius 3 is 2.72 bits per heavy atom. The van der Waals surface area contributed by atoms with E-state index in [2.05, 4.69) is 4.98 Å². The molecule has 0 saturated carbocycles. The Morgan fingerprint density at radius 2 is 1.92 bits per heavy atom. The Hall–Kier alpha value is -3.16. The first-order chi connectivity index (χ1) is 12.0. The lowest BCUT2D eigenvalue weighted by atomic mass is 10.2. The lowest BCUT2D eigenvalue weighted by molar-refractivity contribution is -0.119. The summed E-state index contributed by atoms with van der Waals surface area (Å²) in [6, 6.07) is 7.80. The Bertz CT molecular complexity index is 1120. The summed E-state index contributed by atoms with van der Waals surface area (Å²) in [6.07, 6.45) is 2.26. The Balaban J connectivity index is 1.74. The Kier molecular flexibility index (Phi) is 3.34. The second-order valence-electron chi connectivity index (χ2n) is 6.17. The van der Waals surface area contributed by atoms with Crippen LogP contribution in [0.15, 0.2) is 40.2 Å². The molecule has 0 radical (unpaired) electrons. The third-order valence-corrected chi connectivity index (χ3v) is 4.71. The first-order valence-electron chi connectivity index (χ1n) is 7.98. The molecule has 0 aliphatic carbocycles. The maximum absolute atomic E-state index is 12.8. The van der Waals surface area contributed by atoms with Crippen molar-refractivity contribution in [2.75, 3.05) is 11.4 Å². The predicted molar refractivity (Wildman–Crippen MR) is 92.7 cm³/mol. The highest BCUT2D eigenvalue weighted by atomic mass is 16.2. The molecule has 0 bridgehead atoms. The van der Waals surface area contributed by atoms with Gasteiger partial charge in [0.2, 0.25) is 5.91 Å². The van der Waals surface area contributed by atoms with Crippen LogP contribution in [0.1, 0.15) is 5.56 Å². The van der Waals surface area contributed by atoms with Crippen molar-refractivity contribution in [2.24, 2.45) is 14.1 Å². The van der Waals surface area contributed by atoms with Gasteiger partial charge in [-0.15, -0.1) is 0 Å². The third-order valence-electron chi connectivity index (χ3n) is 4.71. The number of aryl methyl sites for hydroxylation is 1. The van der Waals surface area contributed by atoms with Crippen molar-refractivity contribution in [1.82, 2.24) is 18.7 Å². The van der Waals surface area contributed by atoms with E-state index >= 15 is 0 Å². The quantitative estimate of drug-likeness (QED) is 0.659. The molecule has 1 aliphatic heterocycles. The van der Waals surface area contributed by atoms with E-state index in [9.17, 15) is 14.4 Å². The number of carbonyl (C=O) groups excluding carboxylic acids is 1. The lowest BCUT2D eigenvalue weighted by Crippen LogP contribution is -2.38. The van der Waals surface area contributed by atoms with E-state index in [4.69, 9.17) is 0 Å². The first kappa shape index (κ1) is 15.4. The van der Waals surface area contributed by atoms with Gasteiger partial charge in [0.1, 0.15) is 6.54 Å². The van der Waals surface area contributed by atoms with Crippen molar-refractivity contribution in [3.05, 3.63) is 57.0 Å². The Morgan fingerprint density at radius 1 is 1.16 bits per heavy atom. The number of nitrogens with zero attached hydrogens (tertiary/aromatic N) is 5. The van der Waals surface area contributed by atoms with Gasteiger partial charge < -0.3 is 9.47 Å². The van der Waals surface area contributed by atoms with Crippen molar-refractivity contribution in [2.45, 2.75) is 13.0 Å². The number of para-hydroxylation sites is 1. The number of amides is 1. The largest absolute Gasteiger partial charge is 0.332 e. The predicted octanol–water partition coefficient (Wildman–Crippen LogP) is 0.0230. The third kappa shape index (κ3) is 2.21. The van der Waals surface area contributed by atoms with Crippen molar-refractivity contribution < 1.29 is 4.79 Å². The average molecular weight is 339 g/mol. The SMILES string of the molecule is Cn1c(=O)c2c(ncn2CC(=O)N2CCc3ccccc32)n(C)c1=O. The highest BCUT2D eigenvalue weighted by Crippen LogP contribution is 2.27. The van der Waals surface area contributed by atoms with Gasteiger partial charge in [-0.2, -0.15) is 0 Å². The molecule has 8 nitrogen and oxygen atoms in total. The topological polar surface area (TPSA) is 82.1 Å². The molecule has 0 saturated heterocycles. The summed E-state index contributed by atoms with van der Waals surface area (Å²) in [6.45, 7) is 0.625. The summed E-state index contributed by atoms with van der Waals surface area (Å²) in [5.74, 6) is -0.111. The normalized spacial score (nSPS) is 13.4. The molecule has 1 aliphatic rings. The molecule has 1 amide bonds. The Labute approximate surface area is 142 Å². The number of aromatic nitrogens is 4. The van der Waals surface area contributed by atoms with Gasteiger partial charge in [0, 0.05) is 26.3 Å². The second kappa shape index (κ2) is 5.44. The fraction of sp³-hybridized carbons (Fsp3) is 0.294. The van der Waals surface area contributed by atoms with Gasteiger partial charge in [-0.1, -0.05) is 18.2 Å². The van der Waals surface area contributed by atoms with Crippen LogP contribution in [0, 0.1) is 0 Å². The highest BCUT2D eigenvalue weighted by molar-refractivity contribution is 5.95. The molecule has 3 aromatic rings. The number of fused-ring (bicyclic) bond motifs is 2. The number of anilines is 1. The molecule has 0 atom stereocenters. The van der Waals surface area contributed by atoms with E-state index in [0.29, 0.717) is 6.54 Å². The van der Waals surface area contributed by atoms with E-state index in [1.807, 2.05) is 24.3 Å². The molecular weight excluding hydrogens is 322 g/mol. The number of hydrogen-bond acceptors (Lipinski definition) is 4. The standard InChI is InChI=1S/C17H17N5O3/c1-19-15-14(16(24)20(2)17(19)25)21(10-18-15)9-13(23)22-8-7-11-5-3-4-6-12(11)22/h3-6,10H,7-9H2,1-2H3. The minimum Gasteiger partial charge on any atom is -0.315 e. The summed E-state index contributed by atoms with van der Waals surface area (Å²) >= 11 is 0. The fourth-order valence-corrected chi connectivity index (χ4v) is 3.35. The zero-order chi connectivity index (χ0) is 17.7. The summed E-state index contributed by atoms with van der Waals surface area (Å²) in [5.41, 5.74) is 1.70. The van der Waals surface area contributed by atoms with Crippen LogP contribution in [0.25, 0.3) is 11.2 Å². The maximum atomic E-state index is 12.8. The summed E-state index contributed by atoms with van der Waals surface area (Å²) in [7, 11) is 2.97. The molecule has 8 heteroatoms. The van der Waals surface area contributed by atoms with Crippen molar-refractivity contribution in [3.63, 3.8) is 0 Å². The van der Waals surface area contributed by atoms with Gasteiger partial charge in [0.05, 0.1) is 6.33 Å². The second-order valence-corrected chi connectivity index (χ2v) is 6.17. The van der Waals surface area contributed by atoms with E-state index < -0.39 is 11.2 Å². The molecule has 0 spiro atoms. The smallest absolute Gasteiger partial charge is 0.315 e. The van der Waals surface area contributed by atoms with Gasteiger partial charge in [-0.05, 0) is 18.1 Å². The van der Waals surface area contributed by atoms with Gasteiger partial charge in [-0.25, -0.2) is 9.78 Å². The molecule has 0 fully saturated rings. The number of imidazole rings is 1. The van der Waals surface area contributed by atoms with Crippen LogP contribution in [-0.2, 0) is 31.9 Å². The minimum absolute atomic E-state index is 0.00171. The van der Waals surface area contributed by atoms with E-state index in [-0.39, 0.29) is 23.6 Å². The molecule has 1 aromatic carbocycles. The number of hydrogen-bond donors (Lipinski definition) is 0.